The third-order valence-corrected chi connectivity index (χ3v) is 7.72. The summed E-state index contributed by atoms with van der Waals surface area (Å²) in [5.41, 5.74) is 4.03. The number of urea groups is 1. The number of benzene rings is 1. The zero-order chi connectivity index (χ0) is 27.8. The van der Waals surface area contributed by atoms with Gasteiger partial charge in [-0.05, 0) is 63.1 Å². The Morgan fingerprint density at radius 1 is 1.18 bits per heavy atom. The molecule has 10 nitrogen and oxygen atoms in total. The zero-order valence-corrected chi connectivity index (χ0v) is 23.6. The summed E-state index contributed by atoms with van der Waals surface area (Å²) in [7, 11) is 1.76. The van der Waals surface area contributed by atoms with Crippen LogP contribution in [0.25, 0.3) is 32.6 Å². The van der Waals surface area contributed by atoms with Crippen LogP contribution in [-0.2, 0) is 16.9 Å². The summed E-state index contributed by atoms with van der Waals surface area (Å²) in [5, 5.41) is 16.3. The van der Waals surface area contributed by atoms with Gasteiger partial charge in [0, 0.05) is 63.0 Å². The number of thiazole rings is 1. The number of amides is 2. The number of rotatable bonds is 8. The van der Waals surface area contributed by atoms with Gasteiger partial charge in [-0.3, -0.25) is 15.2 Å². The Morgan fingerprint density at radius 2 is 1.92 bits per heavy atom. The molecule has 39 heavy (non-hydrogen) atoms. The number of nitrogens with one attached hydrogen (secondary N) is 2. The molecule has 1 fully saturated rings. The highest BCUT2D eigenvalue weighted by molar-refractivity contribution is 7.22. The van der Waals surface area contributed by atoms with Crippen LogP contribution in [0.2, 0.25) is 0 Å². The molecule has 2 amide bonds. The standard InChI is InChI=1S/C28H33N7O3S/c1-6-29-25(36)34-26-33-22-11-18(19-12-31-24(32-13-19)27(2,3)37)10-20(23(22)39-26)21-9-17(7-8-30-21)14-35-15-28(4,16-35)38-5/h7-13,37H,6,14-16H2,1-5H3,(H2,29,33,34,36). The summed E-state index contributed by atoms with van der Waals surface area (Å²) in [6, 6.07) is 7.84. The third-order valence-electron chi connectivity index (χ3n) is 6.70. The fraction of sp³-hybridized carbons (Fsp3) is 0.393. The number of carbonyl (C=O) groups is 1. The molecule has 0 saturated carbocycles. The molecule has 3 aromatic heterocycles. The Hall–Kier alpha value is -3.51. The lowest BCUT2D eigenvalue weighted by Crippen LogP contribution is -2.60. The Labute approximate surface area is 231 Å². The van der Waals surface area contributed by atoms with E-state index in [0.29, 0.717) is 17.5 Å². The largest absolute Gasteiger partial charge is 0.382 e. The maximum absolute atomic E-state index is 12.2. The van der Waals surface area contributed by atoms with Gasteiger partial charge in [-0.25, -0.2) is 19.7 Å². The third kappa shape index (κ3) is 5.91. The topological polar surface area (TPSA) is 125 Å². The van der Waals surface area contributed by atoms with Gasteiger partial charge in [0.1, 0.15) is 5.60 Å². The molecule has 4 aromatic rings. The van der Waals surface area contributed by atoms with E-state index in [2.05, 4.69) is 44.6 Å². The van der Waals surface area contributed by atoms with Gasteiger partial charge in [-0.2, -0.15) is 0 Å². The minimum Gasteiger partial charge on any atom is -0.382 e. The van der Waals surface area contributed by atoms with Crippen molar-refractivity contribution in [3.63, 3.8) is 0 Å². The summed E-state index contributed by atoms with van der Waals surface area (Å²) in [5.74, 6) is 0.347. The number of aromatic nitrogens is 4. The van der Waals surface area contributed by atoms with E-state index in [0.717, 1.165) is 57.8 Å². The van der Waals surface area contributed by atoms with E-state index in [4.69, 9.17) is 14.7 Å². The van der Waals surface area contributed by atoms with Crippen molar-refractivity contribution in [3.05, 3.63) is 54.2 Å². The molecule has 204 valence electrons. The number of hydrogen-bond acceptors (Lipinski definition) is 9. The molecular weight excluding hydrogens is 514 g/mol. The smallest absolute Gasteiger partial charge is 0.321 e. The van der Waals surface area contributed by atoms with E-state index in [1.807, 2.05) is 25.3 Å². The van der Waals surface area contributed by atoms with Gasteiger partial charge in [0.05, 0.1) is 21.5 Å². The molecule has 0 bridgehead atoms. The van der Waals surface area contributed by atoms with Crippen LogP contribution < -0.4 is 10.6 Å². The maximum atomic E-state index is 12.2. The quantitative estimate of drug-likeness (QED) is 0.296. The number of nitrogens with zero attached hydrogens (tertiary/aromatic N) is 5. The van der Waals surface area contributed by atoms with Gasteiger partial charge < -0.3 is 15.2 Å². The van der Waals surface area contributed by atoms with Gasteiger partial charge in [0.2, 0.25) is 0 Å². The Balaban J connectivity index is 1.54. The average molecular weight is 548 g/mol. The van der Waals surface area contributed by atoms with Gasteiger partial charge in [0.25, 0.3) is 0 Å². The first kappa shape index (κ1) is 27.1. The average Bonchev–Trinajstić information content (AvgIpc) is 3.29. The van der Waals surface area contributed by atoms with Crippen LogP contribution in [-0.4, -0.2) is 68.3 Å². The minimum atomic E-state index is -1.14. The summed E-state index contributed by atoms with van der Waals surface area (Å²) in [6.07, 6.45) is 5.23. The second kappa shape index (κ2) is 10.6. The molecule has 0 unspecified atom stereocenters. The molecule has 5 rings (SSSR count). The van der Waals surface area contributed by atoms with Crippen molar-refractivity contribution >= 4 is 32.7 Å². The lowest BCUT2D eigenvalue weighted by molar-refractivity contribution is -0.114. The van der Waals surface area contributed by atoms with Crippen LogP contribution in [0, 0.1) is 0 Å². The fourth-order valence-electron chi connectivity index (χ4n) is 4.66. The molecule has 11 heteroatoms. The summed E-state index contributed by atoms with van der Waals surface area (Å²) in [6.45, 7) is 10.4. The van der Waals surface area contributed by atoms with E-state index in [-0.39, 0.29) is 11.6 Å². The van der Waals surface area contributed by atoms with Crippen molar-refractivity contribution in [2.45, 2.75) is 45.4 Å². The molecule has 1 aliphatic heterocycles. The summed E-state index contributed by atoms with van der Waals surface area (Å²) >= 11 is 1.41. The van der Waals surface area contributed by atoms with E-state index < -0.39 is 5.60 Å². The number of pyridine rings is 1. The Bertz CT molecular complexity index is 1490. The highest BCUT2D eigenvalue weighted by Crippen LogP contribution is 2.38. The molecule has 1 aromatic carbocycles. The van der Waals surface area contributed by atoms with Crippen molar-refractivity contribution in [2.75, 3.05) is 32.1 Å². The van der Waals surface area contributed by atoms with Crippen molar-refractivity contribution in [3.8, 4) is 22.4 Å². The number of carbonyl (C=O) groups excluding carboxylic acids is 1. The first-order valence-electron chi connectivity index (χ1n) is 12.8. The minimum absolute atomic E-state index is 0.0880. The molecule has 0 aliphatic carbocycles. The maximum Gasteiger partial charge on any atom is 0.321 e. The molecule has 0 spiro atoms. The summed E-state index contributed by atoms with van der Waals surface area (Å²) in [4.78, 5) is 32.7. The number of aliphatic hydroxyl groups is 1. The van der Waals surface area contributed by atoms with Gasteiger partial charge >= 0.3 is 6.03 Å². The number of likely N-dealkylation sites (tertiary alicyclic amines) is 1. The normalized spacial score (nSPS) is 15.2. The highest BCUT2D eigenvalue weighted by Gasteiger charge is 2.38. The zero-order valence-electron chi connectivity index (χ0n) is 22.8. The van der Waals surface area contributed by atoms with Gasteiger partial charge in [-0.15, -0.1) is 0 Å². The second-order valence-electron chi connectivity index (χ2n) is 10.6. The Kier molecular flexibility index (Phi) is 7.34. The van der Waals surface area contributed by atoms with Crippen molar-refractivity contribution in [1.82, 2.24) is 30.2 Å². The molecule has 4 heterocycles. The number of ether oxygens (including phenoxy) is 1. The predicted molar refractivity (Wildman–Crippen MR) is 153 cm³/mol. The second-order valence-corrected chi connectivity index (χ2v) is 11.6. The molecular formula is C28H33N7O3S. The lowest BCUT2D eigenvalue weighted by atomic mass is 9.95. The highest BCUT2D eigenvalue weighted by atomic mass is 32.1. The molecule has 1 aliphatic rings. The van der Waals surface area contributed by atoms with E-state index >= 15 is 0 Å². The number of fused-ring (bicyclic) bond motifs is 1. The SMILES string of the molecule is CCNC(=O)Nc1nc2cc(-c3cnc(C(C)(C)O)nc3)cc(-c3cc(CN4CC(C)(OC)C4)ccn3)c2s1. The van der Waals surface area contributed by atoms with Crippen LogP contribution in [0.5, 0.6) is 0 Å². The van der Waals surface area contributed by atoms with Gasteiger partial charge in [-0.1, -0.05) is 11.3 Å². The van der Waals surface area contributed by atoms with Crippen LogP contribution >= 0.6 is 11.3 Å². The van der Waals surface area contributed by atoms with Crippen LogP contribution in [0.1, 0.15) is 39.1 Å². The first-order valence-corrected chi connectivity index (χ1v) is 13.7. The van der Waals surface area contributed by atoms with Crippen LogP contribution in [0.15, 0.2) is 42.9 Å². The first-order chi connectivity index (χ1) is 18.6. The monoisotopic (exact) mass is 547 g/mol. The Morgan fingerprint density at radius 3 is 2.59 bits per heavy atom. The van der Waals surface area contributed by atoms with Crippen molar-refractivity contribution < 1.29 is 14.6 Å². The van der Waals surface area contributed by atoms with Crippen LogP contribution in [0.4, 0.5) is 9.93 Å². The van der Waals surface area contributed by atoms with E-state index in [1.54, 1.807) is 33.4 Å². The number of anilines is 1. The van der Waals surface area contributed by atoms with Crippen LogP contribution in [0.3, 0.4) is 0 Å². The van der Waals surface area contributed by atoms with Crippen molar-refractivity contribution in [2.24, 2.45) is 0 Å². The molecule has 0 atom stereocenters. The number of methoxy groups -OCH3 is 1. The fourth-order valence-corrected chi connectivity index (χ4v) is 5.62. The summed E-state index contributed by atoms with van der Waals surface area (Å²) < 4.78 is 6.51. The lowest BCUT2D eigenvalue weighted by Gasteiger charge is -2.47. The van der Waals surface area contributed by atoms with Crippen molar-refractivity contribution in [1.29, 1.82) is 0 Å². The van der Waals surface area contributed by atoms with Gasteiger partial charge in [0.15, 0.2) is 11.0 Å². The molecule has 0 radical (unpaired) electrons. The molecule has 1 saturated heterocycles. The van der Waals surface area contributed by atoms with E-state index in [1.165, 1.54) is 11.3 Å². The number of hydrogen-bond donors (Lipinski definition) is 3. The molecule has 3 N–H and O–H groups in total. The van der Waals surface area contributed by atoms with E-state index in [9.17, 15) is 9.90 Å². The predicted octanol–water partition coefficient (Wildman–Crippen LogP) is 4.40.